The van der Waals surface area contributed by atoms with Crippen molar-refractivity contribution in [2.45, 2.75) is 26.3 Å². The molecule has 104 valence electrons. The van der Waals surface area contributed by atoms with Gasteiger partial charge in [-0.05, 0) is 0 Å². The number of pyridine rings is 1. The molecule has 0 unspecified atom stereocenters. The fourth-order valence-corrected chi connectivity index (χ4v) is 2.21. The molecular weight excluding hydrogens is 262 g/mol. The van der Waals surface area contributed by atoms with E-state index in [1.54, 1.807) is 0 Å². The molecule has 0 atom stereocenters. The number of aromatic nitrogens is 4. The summed E-state index contributed by atoms with van der Waals surface area (Å²) in [5, 5.41) is 19.2. The maximum atomic E-state index is 10.9. The van der Waals surface area contributed by atoms with Crippen LogP contribution in [-0.2, 0) is 6.54 Å². The molecule has 2 aromatic heterocycles. The molecule has 3 rings (SSSR count). The molecule has 8 nitrogen and oxygen atoms in total. The minimum absolute atomic E-state index is 0.0881. The molecule has 0 radical (unpaired) electrons. The van der Waals surface area contributed by atoms with Crippen LogP contribution in [0.4, 0.5) is 5.69 Å². The molecular formula is C12H13N5O3. The molecule has 0 saturated carbocycles. The predicted molar refractivity (Wildman–Crippen MR) is 69.5 cm³/mol. The van der Waals surface area contributed by atoms with Crippen molar-refractivity contribution in [3.63, 3.8) is 0 Å². The van der Waals surface area contributed by atoms with Crippen LogP contribution in [0.15, 0.2) is 12.3 Å². The fraction of sp³-hybridized carbons (Fsp3) is 0.417. The highest BCUT2D eigenvalue weighted by Gasteiger charge is 2.25. The van der Waals surface area contributed by atoms with Crippen molar-refractivity contribution < 1.29 is 9.66 Å². The van der Waals surface area contributed by atoms with E-state index in [4.69, 9.17) is 4.74 Å². The van der Waals surface area contributed by atoms with Gasteiger partial charge in [0.25, 0.3) is 5.69 Å². The van der Waals surface area contributed by atoms with Gasteiger partial charge in [-0.15, -0.1) is 10.2 Å². The van der Waals surface area contributed by atoms with E-state index in [1.165, 1.54) is 12.3 Å². The van der Waals surface area contributed by atoms with E-state index in [2.05, 4.69) is 15.2 Å². The summed E-state index contributed by atoms with van der Waals surface area (Å²) in [5.74, 6) is 1.97. The smallest absolute Gasteiger partial charge is 0.288 e. The van der Waals surface area contributed by atoms with Gasteiger partial charge in [-0.1, -0.05) is 13.8 Å². The Morgan fingerprint density at radius 2 is 2.25 bits per heavy atom. The summed E-state index contributed by atoms with van der Waals surface area (Å²) in [5.41, 5.74) is 0.422. The largest absolute Gasteiger partial charge is 0.475 e. The van der Waals surface area contributed by atoms with Crippen LogP contribution in [-0.4, -0.2) is 31.3 Å². The van der Waals surface area contributed by atoms with Crippen molar-refractivity contribution in [2.24, 2.45) is 0 Å². The second kappa shape index (κ2) is 4.55. The highest BCUT2D eigenvalue weighted by molar-refractivity contribution is 5.65. The predicted octanol–water partition coefficient (Wildman–Crippen LogP) is 1.76. The third kappa shape index (κ3) is 1.89. The molecule has 0 fully saturated rings. The number of nitro groups is 1. The maximum Gasteiger partial charge on any atom is 0.288 e. The lowest BCUT2D eigenvalue weighted by molar-refractivity contribution is -0.385. The molecule has 1 aliphatic heterocycles. The van der Waals surface area contributed by atoms with Crippen molar-refractivity contribution >= 4 is 5.69 Å². The van der Waals surface area contributed by atoms with Gasteiger partial charge in [-0.2, -0.15) is 0 Å². The maximum absolute atomic E-state index is 10.9. The van der Waals surface area contributed by atoms with Gasteiger partial charge in [-0.3, -0.25) is 10.1 Å². The second-order valence-corrected chi connectivity index (χ2v) is 4.84. The molecule has 2 aromatic rings. The molecule has 0 aromatic carbocycles. The Balaban J connectivity index is 2.20. The molecule has 0 saturated heterocycles. The third-order valence-electron chi connectivity index (χ3n) is 3.14. The Hall–Kier alpha value is -2.51. The van der Waals surface area contributed by atoms with E-state index in [0.717, 1.165) is 5.82 Å². The van der Waals surface area contributed by atoms with E-state index in [-0.39, 0.29) is 11.6 Å². The Morgan fingerprint density at radius 3 is 2.95 bits per heavy atom. The van der Waals surface area contributed by atoms with E-state index in [9.17, 15) is 10.1 Å². The number of nitrogens with zero attached hydrogens (tertiary/aromatic N) is 5. The average molecular weight is 275 g/mol. The quantitative estimate of drug-likeness (QED) is 0.612. The SMILES string of the molecule is CC(C)c1nnc2n1CCOc1ncc([N+](=O)[O-])cc1-2. The van der Waals surface area contributed by atoms with Gasteiger partial charge < -0.3 is 9.30 Å². The highest BCUT2D eigenvalue weighted by Crippen LogP contribution is 2.33. The van der Waals surface area contributed by atoms with Crippen LogP contribution in [0.3, 0.4) is 0 Å². The number of hydrogen-bond donors (Lipinski definition) is 0. The van der Waals surface area contributed by atoms with Crippen LogP contribution in [0, 0.1) is 10.1 Å². The topological polar surface area (TPSA) is 96.0 Å². The van der Waals surface area contributed by atoms with Gasteiger partial charge in [0, 0.05) is 12.0 Å². The molecule has 3 heterocycles. The first-order valence-corrected chi connectivity index (χ1v) is 6.28. The monoisotopic (exact) mass is 275 g/mol. The highest BCUT2D eigenvalue weighted by atomic mass is 16.6. The van der Waals surface area contributed by atoms with Gasteiger partial charge in [0.15, 0.2) is 5.82 Å². The lowest BCUT2D eigenvalue weighted by atomic mass is 10.2. The van der Waals surface area contributed by atoms with E-state index in [1.807, 2.05) is 18.4 Å². The van der Waals surface area contributed by atoms with Crippen LogP contribution in [0.1, 0.15) is 25.6 Å². The minimum atomic E-state index is -0.484. The minimum Gasteiger partial charge on any atom is -0.475 e. The zero-order chi connectivity index (χ0) is 14.3. The fourth-order valence-electron chi connectivity index (χ4n) is 2.21. The van der Waals surface area contributed by atoms with Crippen LogP contribution >= 0.6 is 0 Å². The first kappa shape index (κ1) is 12.5. The Morgan fingerprint density at radius 1 is 1.45 bits per heavy atom. The summed E-state index contributed by atoms with van der Waals surface area (Å²) in [7, 11) is 0. The zero-order valence-corrected chi connectivity index (χ0v) is 11.1. The Labute approximate surface area is 114 Å². The second-order valence-electron chi connectivity index (χ2n) is 4.84. The summed E-state index contributed by atoms with van der Waals surface area (Å²) in [6, 6.07) is 1.43. The molecule has 20 heavy (non-hydrogen) atoms. The summed E-state index contributed by atoms with van der Waals surface area (Å²) < 4.78 is 7.47. The molecule has 0 bridgehead atoms. The summed E-state index contributed by atoms with van der Waals surface area (Å²) in [4.78, 5) is 14.4. The van der Waals surface area contributed by atoms with Crippen molar-refractivity contribution in [1.29, 1.82) is 0 Å². The molecule has 0 spiro atoms. The summed E-state index contributed by atoms with van der Waals surface area (Å²) in [6.45, 7) is 5.08. The molecule has 1 aliphatic rings. The van der Waals surface area contributed by atoms with Crippen LogP contribution in [0.5, 0.6) is 5.88 Å². The Kier molecular flexibility index (Phi) is 2.85. The molecule has 8 heteroatoms. The first-order chi connectivity index (χ1) is 9.58. The van der Waals surface area contributed by atoms with E-state index in [0.29, 0.717) is 30.4 Å². The van der Waals surface area contributed by atoms with Crippen molar-refractivity contribution in [1.82, 2.24) is 19.7 Å². The third-order valence-corrected chi connectivity index (χ3v) is 3.14. The molecule has 0 aliphatic carbocycles. The van der Waals surface area contributed by atoms with Gasteiger partial charge in [0.2, 0.25) is 5.88 Å². The standard InChI is InChI=1S/C12H13N5O3/c1-7(2)10-14-15-11-9-5-8(17(18)19)6-13-12(9)20-4-3-16(10)11/h5-7H,3-4H2,1-2H3. The van der Waals surface area contributed by atoms with Gasteiger partial charge in [0.05, 0.1) is 17.0 Å². The van der Waals surface area contributed by atoms with E-state index >= 15 is 0 Å². The zero-order valence-electron chi connectivity index (χ0n) is 11.1. The average Bonchev–Trinajstić information content (AvgIpc) is 2.75. The van der Waals surface area contributed by atoms with Crippen LogP contribution in [0.2, 0.25) is 0 Å². The molecule has 0 N–H and O–H groups in total. The number of ether oxygens (including phenoxy) is 1. The van der Waals surface area contributed by atoms with Gasteiger partial charge in [0.1, 0.15) is 18.6 Å². The van der Waals surface area contributed by atoms with Crippen LogP contribution in [0.25, 0.3) is 11.4 Å². The number of hydrogen-bond acceptors (Lipinski definition) is 6. The lowest BCUT2D eigenvalue weighted by Gasteiger charge is -2.08. The lowest BCUT2D eigenvalue weighted by Crippen LogP contribution is -2.10. The van der Waals surface area contributed by atoms with Crippen LogP contribution < -0.4 is 4.74 Å². The Bertz CT molecular complexity index is 680. The molecule has 0 amide bonds. The normalized spacial score (nSPS) is 13.3. The van der Waals surface area contributed by atoms with Gasteiger partial charge in [-0.25, -0.2) is 4.98 Å². The first-order valence-electron chi connectivity index (χ1n) is 6.28. The number of rotatable bonds is 2. The van der Waals surface area contributed by atoms with Gasteiger partial charge >= 0.3 is 0 Å². The van der Waals surface area contributed by atoms with Crippen molar-refractivity contribution in [2.75, 3.05) is 6.61 Å². The summed E-state index contributed by atoms with van der Waals surface area (Å²) in [6.07, 6.45) is 1.19. The van der Waals surface area contributed by atoms with Crippen molar-refractivity contribution in [3.05, 3.63) is 28.2 Å². The van der Waals surface area contributed by atoms with Crippen molar-refractivity contribution in [3.8, 4) is 17.3 Å². The number of fused-ring (bicyclic) bond motifs is 3. The summed E-state index contributed by atoms with van der Waals surface area (Å²) >= 11 is 0. The van der Waals surface area contributed by atoms with E-state index < -0.39 is 4.92 Å².